The molecule has 0 spiro atoms. The summed E-state index contributed by atoms with van der Waals surface area (Å²) in [7, 11) is 0. The van der Waals surface area contributed by atoms with Crippen LogP contribution in [0.25, 0.3) is 0 Å². The molecule has 47 heavy (non-hydrogen) atoms. The molecule has 5 rings (SSSR count). The maximum absolute atomic E-state index is 12.4. The molecule has 1 N–H and O–H groups in total. The zero-order chi connectivity index (χ0) is 34.9. The van der Waals surface area contributed by atoms with Gasteiger partial charge in [0.15, 0.2) is 5.60 Å². The zero-order valence-corrected chi connectivity index (χ0v) is 31.5. The van der Waals surface area contributed by atoms with Crippen molar-refractivity contribution in [1.82, 2.24) is 0 Å². The number of hydrogen-bond acceptors (Lipinski definition) is 7. The van der Waals surface area contributed by atoms with Crippen molar-refractivity contribution in [2.24, 2.45) is 57.7 Å². The molecular weight excluding hydrogens is 592 g/mol. The molecule has 1 saturated heterocycles. The Morgan fingerprint density at radius 2 is 1.70 bits per heavy atom. The van der Waals surface area contributed by atoms with Gasteiger partial charge in [-0.1, -0.05) is 61.3 Å². The van der Waals surface area contributed by atoms with Crippen LogP contribution < -0.4 is 0 Å². The first-order chi connectivity index (χ1) is 22.0. The monoisotopic (exact) mass is 660 g/mol. The Morgan fingerprint density at radius 3 is 2.30 bits per heavy atom. The highest BCUT2D eigenvalue weighted by Gasteiger charge is 2.63. The molecule has 5 aliphatic rings. The van der Waals surface area contributed by atoms with Crippen molar-refractivity contribution in [3.8, 4) is 0 Å². The van der Waals surface area contributed by atoms with Crippen molar-refractivity contribution in [1.29, 1.82) is 0 Å². The summed E-state index contributed by atoms with van der Waals surface area (Å²) in [5.74, 6) is 3.59. The second-order valence-electron chi connectivity index (χ2n) is 17.8. The Morgan fingerprint density at radius 1 is 1.00 bits per heavy atom. The number of aliphatic hydroxyl groups is 1. The SMILES string of the molecule is CCC(C)(C)C(=O)OC1(C)COC(=O)C1.CCCC(C)C1CCC2C3CCC4C[C@@H](OC(=O)C(C)CC)CC[C@]4(C)C3C[C@H](O)[C@]12C. The summed E-state index contributed by atoms with van der Waals surface area (Å²) in [5, 5.41) is 11.7. The van der Waals surface area contributed by atoms with E-state index in [1.54, 1.807) is 6.92 Å². The third kappa shape index (κ3) is 7.60. The van der Waals surface area contributed by atoms with Crippen LogP contribution in [0.4, 0.5) is 0 Å². The maximum atomic E-state index is 12.4. The molecule has 0 amide bonds. The summed E-state index contributed by atoms with van der Waals surface area (Å²) < 4.78 is 16.1. The summed E-state index contributed by atoms with van der Waals surface area (Å²) in [6.45, 7) is 21.3. The highest BCUT2D eigenvalue weighted by atomic mass is 16.6. The Kier molecular flexibility index (Phi) is 11.9. The topological polar surface area (TPSA) is 99.1 Å². The smallest absolute Gasteiger partial charge is 0.312 e. The van der Waals surface area contributed by atoms with Crippen LogP contribution in [-0.4, -0.2) is 47.4 Å². The molecule has 5 fully saturated rings. The van der Waals surface area contributed by atoms with Crippen LogP contribution in [0.3, 0.4) is 0 Å². The first-order valence-corrected chi connectivity index (χ1v) is 19.2. The van der Waals surface area contributed by atoms with Crippen molar-refractivity contribution in [3.63, 3.8) is 0 Å². The number of carbonyl (C=O) groups excluding carboxylic acids is 3. The third-order valence-electron chi connectivity index (χ3n) is 14.4. The standard InChI is InChI=1S/C29H50O3.C11H18O4/c1-7-9-19(4)23-12-13-24-22-11-10-20-16-21(32-27(31)18(3)8-2)14-15-28(20,5)25(22)17-26(30)29(23,24)6;1-5-10(2,3)9(13)15-11(4)6-8(12)14-7-11/h18-26,30H,7-17H2,1-6H3;5-7H2,1-4H3/t18?,19?,20?,21-,22?,23?,24?,25?,26-,28-,29+;/m0./s1. The quantitative estimate of drug-likeness (QED) is 0.195. The van der Waals surface area contributed by atoms with Gasteiger partial charge in [-0.25, -0.2) is 0 Å². The van der Waals surface area contributed by atoms with E-state index in [0.717, 1.165) is 43.9 Å². The van der Waals surface area contributed by atoms with Gasteiger partial charge >= 0.3 is 17.9 Å². The first kappa shape index (κ1) is 38.2. The molecule has 4 saturated carbocycles. The normalized spacial score (nSPS) is 40.8. The van der Waals surface area contributed by atoms with Crippen LogP contribution in [0.1, 0.15) is 153 Å². The molecule has 8 unspecified atom stereocenters. The number of fused-ring (bicyclic) bond motifs is 5. The van der Waals surface area contributed by atoms with E-state index in [2.05, 4.69) is 34.6 Å². The number of aliphatic hydroxyl groups excluding tert-OH is 1. The van der Waals surface area contributed by atoms with Crippen LogP contribution in [-0.2, 0) is 28.6 Å². The molecule has 1 heterocycles. The van der Waals surface area contributed by atoms with Gasteiger partial charge in [-0.15, -0.1) is 0 Å². The fraction of sp³-hybridized carbons (Fsp3) is 0.925. The van der Waals surface area contributed by atoms with Crippen molar-refractivity contribution >= 4 is 17.9 Å². The van der Waals surface area contributed by atoms with Gasteiger partial charge < -0.3 is 19.3 Å². The van der Waals surface area contributed by atoms with Crippen LogP contribution in [0, 0.1) is 57.7 Å². The van der Waals surface area contributed by atoms with E-state index in [0.29, 0.717) is 35.5 Å². The van der Waals surface area contributed by atoms with E-state index in [9.17, 15) is 19.5 Å². The fourth-order valence-corrected chi connectivity index (χ4v) is 10.6. The molecule has 4 aliphatic carbocycles. The molecular formula is C40H68O7. The van der Waals surface area contributed by atoms with Gasteiger partial charge in [0.05, 0.1) is 23.9 Å². The second-order valence-corrected chi connectivity index (χ2v) is 17.8. The van der Waals surface area contributed by atoms with Gasteiger partial charge in [-0.05, 0) is 131 Å². The Hall–Kier alpha value is -1.63. The minimum absolute atomic E-state index is 0.00293. The average Bonchev–Trinajstić information content (AvgIpc) is 3.56. The lowest BCUT2D eigenvalue weighted by Crippen LogP contribution is -2.59. The predicted octanol–water partition coefficient (Wildman–Crippen LogP) is 8.68. The molecule has 0 radical (unpaired) electrons. The van der Waals surface area contributed by atoms with Crippen molar-refractivity contribution in [3.05, 3.63) is 0 Å². The van der Waals surface area contributed by atoms with Crippen molar-refractivity contribution in [2.45, 2.75) is 171 Å². The average molecular weight is 661 g/mol. The molecule has 7 heteroatoms. The second kappa shape index (κ2) is 14.7. The van der Waals surface area contributed by atoms with Gasteiger partial charge in [0.2, 0.25) is 0 Å². The lowest BCUT2D eigenvalue weighted by molar-refractivity contribution is -0.183. The largest absolute Gasteiger partial charge is 0.462 e. The lowest BCUT2D eigenvalue weighted by atomic mass is 9.43. The Balaban J connectivity index is 0.000000280. The summed E-state index contributed by atoms with van der Waals surface area (Å²) in [6.07, 6.45) is 13.6. The minimum atomic E-state index is -0.777. The van der Waals surface area contributed by atoms with Gasteiger partial charge in [0, 0.05) is 0 Å². The van der Waals surface area contributed by atoms with E-state index >= 15 is 0 Å². The molecule has 1 aliphatic heterocycles. The molecule has 7 nitrogen and oxygen atoms in total. The maximum Gasteiger partial charge on any atom is 0.312 e. The number of hydrogen-bond donors (Lipinski definition) is 1. The third-order valence-corrected chi connectivity index (χ3v) is 14.4. The predicted molar refractivity (Wildman–Crippen MR) is 184 cm³/mol. The summed E-state index contributed by atoms with van der Waals surface area (Å²) in [6, 6.07) is 0. The summed E-state index contributed by atoms with van der Waals surface area (Å²) in [4.78, 5) is 35.1. The first-order valence-electron chi connectivity index (χ1n) is 19.2. The lowest BCUT2D eigenvalue weighted by Gasteiger charge is -2.62. The van der Waals surface area contributed by atoms with E-state index in [4.69, 9.17) is 14.2 Å². The van der Waals surface area contributed by atoms with E-state index in [1.165, 1.54) is 38.5 Å². The highest BCUT2D eigenvalue weighted by Crippen LogP contribution is 2.68. The van der Waals surface area contributed by atoms with Gasteiger partial charge in [-0.3, -0.25) is 14.4 Å². The zero-order valence-electron chi connectivity index (χ0n) is 31.5. The van der Waals surface area contributed by atoms with Gasteiger partial charge in [0.1, 0.15) is 12.7 Å². The highest BCUT2D eigenvalue weighted by molar-refractivity contribution is 5.78. The van der Waals surface area contributed by atoms with Crippen LogP contribution in [0.5, 0.6) is 0 Å². The van der Waals surface area contributed by atoms with Crippen LogP contribution >= 0.6 is 0 Å². The summed E-state index contributed by atoms with van der Waals surface area (Å²) >= 11 is 0. The summed E-state index contributed by atoms with van der Waals surface area (Å²) in [5.41, 5.74) is -0.866. The number of esters is 3. The molecule has 0 bridgehead atoms. The molecule has 270 valence electrons. The molecule has 12 atom stereocenters. The van der Waals surface area contributed by atoms with E-state index in [-0.39, 0.29) is 54.5 Å². The molecule has 0 aromatic rings. The van der Waals surface area contributed by atoms with E-state index < -0.39 is 11.0 Å². The Bertz CT molecular complexity index is 1120. The molecule has 0 aromatic carbocycles. The minimum Gasteiger partial charge on any atom is -0.462 e. The van der Waals surface area contributed by atoms with Crippen molar-refractivity contribution in [2.75, 3.05) is 6.61 Å². The number of cyclic esters (lactones) is 1. The van der Waals surface area contributed by atoms with Crippen LogP contribution in [0.2, 0.25) is 0 Å². The van der Waals surface area contributed by atoms with Crippen molar-refractivity contribution < 1.29 is 33.7 Å². The number of ether oxygens (including phenoxy) is 3. The number of rotatable bonds is 9. The Labute approximate surface area is 286 Å². The number of carbonyl (C=O) groups is 3. The van der Waals surface area contributed by atoms with Crippen LogP contribution in [0.15, 0.2) is 0 Å². The van der Waals surface area contributed by atoms with E-state index in [1.807, 2.05) is 27.7 Å². The van der Waals surface area contributed by atoms with Gasteiger partial charge in [0.25, 0.3) is 0 Å². The van der Waals surface area contributed by atoms with Gasteiger partial charge in [-0.2, -0.15) is 0 Å². The fourth-order valence-electron chi connectivity index (χ4n) is 10.6. The molecule has 0 aromatic heterocycles.